The summed E-state index contributed by atoms with van der Waals surface area (Å²) in [7, 11) is 0. The number of aryl methyl sites for hydroxylation is 1. The highest BCUT2D eigenvalue weighted by Gasteiger charge is 2.21. The minimum Gasteiger partial charge on any atom is -0.354 e. The van der Waals surface area contributed by atoms with Crippen LogP contribution >= 0.6 is 0 Å². The SMILES string of the molecule is Cc1ccccc1C(NCCc1cccnc1)C(=O)NCCc1cccnc1. The predicted molar refractivity (Wildman–Crippen MR) is 111 cm³/mol. The fourth-order valence-corrected chi connectivity index (χ4v) is 3.14. The monoisotopic (exact) mass is 374 g/mol. The molecule has 3 rings (SSSR count). The number of benzene rings is 1. The van der Waals surface area contributed by atoms with Crippen LogP contribution in [0.5, 0.6) is 0 Å². The summed E-state index contributed by atoms with van der Waals surface area (Å²) in [6.07, 6.45) is 8.79. The van der Waals surface area contributed by atoms with Gasteiger partial charge in [-0.15, -0.1) is 0 Å². The van der Waals surface area contributed by atoms with Crippen molar-refractivity contribution in [2.75, 3.05) is 13.1 Å². The van der Waals surface area contributed by atoms with Crippen molar-refractivity contribution in [1.29, 1.82) is 0 Å². The topological polar surface area (TPSA) is 66.9 Å². The van der Waals surface area contributed by atoms with Crippen LogP contribution in [0, 0.1) is 6.92 Å². The van der Waals surface area contributed by atoms with Gasteiger partial charge in [-0.2, -0.15) is 0 Å². The molecule has 1 amide bonds. The molecule has 0 saturated carbocycles. The molecular weight excluding hydrogens is 348 g/mol. The van der Waals surface area contributed by atoms with Crippen LogP contribution in [0.3, 0.4) is 0 Å². The van der Waals surface area contributed by atoms with Gasteiger partial charge in [-0.1, -0.05) is 36.4 Å². The van der Waals surface area contributed by atoms with Gasteiger partial charge in [0.1, 0.15) is 6.04 Å². The molecule has 144 valence electrons. The second kappa shape index (κ2) is 10.3. The van der Waals surface area contributed by atoms with Gasteiger partial charge in [0.15, 0.2) is 0 Å². The molecule has 0 aliphatic heterocycles. The molecule has 28 heavy (non-hydrogen) atoms. The van der Waals surface area contributed by atoms with Crippen LogP contribution in [0.1, 0.15) is 28.3 Å². The summed E-state index contributed by atoms with van der Waals surface area (Å²) in [5.41, 5.74) is 4.37. The Bertz CT molecular complexity index is 868. The lowest BCUT2D eigenvalue weighted by atomic mass is 10.00. The molecule has 5 nitrogen and oxygen atoms in total. The second-order valence-electron chi connectivity index (χ2n) is 6.76. The molecule has 0 bridgehead atoms. The molecule has 1 unspecified atom stereocenters. The molecular formula is C23H26N4O. The summed E-state index contributed by atoms with van der Waals surface area (Å²) >= 11 is 0. The number of hydrogen-bond donors (Lipinski definition) is 2. The fourth-order valence-electron chi connectivity index (χ4n) is 3.14. The van der Waals surface area contributed by atoms with E-state index in [1.165, 1.54) is 0 Å². The van der Waals surface area contributed by atoms with Gasteiger partial charge >= 0.3 is 0 Å². The molecule has 2 N–H and O–H groups in total. The first kappa shape index (κ1) is 19.7. The molecule has 1 atom stereocenters. The first-order valence-electron chi connectivity index (χ1n) is 9.58. The Hall–Kier alpha value is -3.05. The first-order valence-corrected chi connectivity index (χ1v) is 9.58. The number of pyridine rings is 2. The van der Waals surface area contributed by atoms with E-state index in [0.29, 0.717) is 13.1 Å². The van der Waals surface area contributed by atoms with Crippen molar-refractivity contribution in [3.05, 3.63) is 95.6 Å². The highest BCUT2D eigenvalue weighted by Crippen LogP contribution is 2.18. The molecule has 3 aromatic rings. The third-order valence-corrected chi connectivity index (χ3v) is 4.68. The Kier molecular flexibility index (Phi) is 7.27. The normalized spacial score (nSPS) is 11.8. The summed E-state index contributed by atoms with van der Waals surface area (Å²) in [6, 6.07) is 15.5. The van der Waals surface area contributed by atoms with Gasteiger partial charge in [0.2, 0.25) is 5.91 Å². The lowest BCUT2D eigenvalue weighted by molar-refractivity contribution is -0.123. The number of amides is 1. The number of aromatic nitrogens is 2. The number of nitrogens with zero attached hydrogens (tertiary/aromatic N) is 2. The van der Waals surface area contributed by atoms with Crippen molar-refractivity contribution in [1.82, 2.24) is 20.6 Å². The summed E-state index contributed by atoms with van der Waals surface area (Å²) in [4.78, 5) is 21.2. The minimum atomic E-state index is -0.383. The number of nitrogens with one attached hydrogen (secondary N) is 2. The number of rotatable bonds is 9. The summed E-state index contributed by atoms with van der Waals surface area (Å²) in [6.45, 7) is 3.31. The van der Waals surface area contributed by atoms with Gasteiger partial charge in [-0.3, -0.25) is 14.8 Å². The number of carbonyl (C=O) groups excluding carboxylic acids is 1. The van der Waals surface area contributed by atoms with Gasteiger partial charge < -0.3 is 10.6 Å². The van der Waals surface area contributed by atoms with Crippen LogP contribution in [-0.4, -0.2) is 29.0 Å². The van der Waals surface area contributed by atoms with E-state index in [4.69, 9.17) is 0 Å². The zero-order valence-electron chi connectivity index (χ0n) is 16.1. The largest absolute Gasteiger partial charge is 0.354 e. The van der Waals surface area contributed by atoms with E-state index < -0.39 is 0 Å². The Labute approximate surface area is 166 Å². The van der Waals surface area contributed by atoms with Crippen molar-refractivity contribution in [2.24, 2.45) is 0 Å². The van der Waals surface area contributed by atoms with Crippen LogP contribution in [0.25, 0.3) is 0 Å². The maximum atomic E-state index is 12.9. The molecule has 0 fully saturated rings. The molecule has 0 aliphatic carbocycles. The maximum Gasteiger partial charge on any atom is 0.241 e. The van der Waals surface area contributed by atoms with Gasteiger partial charge in [0.05, 0.1) is 0 Å². The van der Waals surface area contributed by atoms with Crippen molar-refractivity contribution in [3.63, 3.8) is 0 Å². The van der Waals surface area contributed by atoms with Crippen molar-refractivity contribution >= 4 is 5.91 Å². The number of carbonyl (C=O) groups is 1. The predicted octanol–water partition coefficient (Wildman–Crippen LogP) is 3.02. The molecule has 0 radical (unpaired) electrons. The van der Waals surface area contributed by atoms with E-state index in [-0.39, 0.29) is 11.9 Å². The highest BCUT2D eigenvalue weighted by atomic mass is 16.2. The Morgan fingerprint density at radius 2 is 1.54 bits per heavy atom. The molecule has 2 heterocycles. The average molecular weight is 374 g/mol. The summed E-state index contributed by atoms with van der Waals surface area (Å²) in [5, 5.41) is 6.49. The van der Waals surface area contributed by atoms with Crippen LogP contribution < -0.4 is 10.6 Å². The molecule has 5 heteroatoms. The minimum absolute atomic E-state index is 0.00984. The van der Waals surface area contributed by atoms with Gasteiger partial charge in [-0.05, 0) is 54.2 Å². The Balaban J connectivity index is 1.61. The molecule has 0 aliphatic rings. The van der Waals surface area contributed by atoms with E-state index in [9.17, 15) is 4.79 Å². The van der Waals surface area contributed by atoms with Crippen LogP contribution in [0.15, 0.2) is 73.3 Å². The van der Waals surface area contributed by atoms with E-state index in [2.05, 4.69) is 20.6 Å². The van der Waals surface area contributed by atoms with Crippen molar-refractivity contribution < 1.29 is 4.79 Å². The number of hydrogen-bond acceptors (Lipinski definition) is 4. The van der Waals surface area contributed by atoms with Crippen molar-refractivity contribution in [3.8, 4) is 0 Å². The summed E-state index contributed by atoms with van der Waals surface area (Å²) in [5.74, 6) is -0.00984. The van der Waals surface area contributed by atoms with Crippen molar-refractivity contribution in [2.45, 2.75) is 25.8 Å². The molecule has 0 spiro atoms. The maximum absolute atomic E-state index is 12.9. The fraction of sp³-hybridized carbons (Fsp3) is 0.261. The second-order valence-corrected chi connectivity index (χ2v) is 6.76. The van der Waals surface area contributed by atoms with E-state index in [1.54, 1.807) is 12.4 Å². The Morgan fingerprint density at radius 1 is 0.893 bits per heavy atom. The zero-order valence-corrected chi connectivity index (χ0v) is 16.1. The molecule has 1 aromatic carbocycles. The zero-order chi connectivity index (χ0) is 19.6. The van der Waals surface area contributed by atoms with E-state index in [1.807, 2.05) is 67.8 Å². The standard InChI is InChI=1S/C23H26N4O/c1-18-6-2-3-9-21(18)22(26-14-10-19-7-4-12-24-16-19)23(28)27-15-11-20-8-5-13-25-17-20/h2-9,12-13,16-17,22,26H,10-11,14-15H2,1H3,(H,27,28). The van der Waals surface area contributed by atoms with Crippen LogP contribution in [-0.2, 0) is 17.6 Å². The smallest absolute Gasteiger partial charge is 0.241 e. The lowest BCUT2D eigenvalue weighted by Gasteiger charge is -2.21. The summed E-state index contributed by atoms with van der Waals surface area (Å²) < 4.78 is 0. The Morgan fingerprint density at radius 3 is 2.14 bits per heavy atom. The van der Waals surface area contributed by atoms with Crippen LogP contribution in [0.2, 0.25) is 0 Å². The van der Waals surface area contributed by atoms with E-state index in [0.717, 1.165) is 35.1 Å². The third-order valence-electron chi connectivity index (χ3n) is 4.68. The van der Waals surface area contributed by atoms with Crippen LogP contribution in [0.4, 0.5) is 0 Å². The van der Waals surface area contributed by atoms with E-state index >= 15 is 0 Å². The van der Waals surface area contributed by atoms with Gasteiger partial charge in [0.25, 0.3) is 0 Å². The van der Waals surface area contributed by atoms with Gasteiger partial charge in [0, 0.05) is 37.9 Å². The lowest BCUT2D eigenvalue weighted by Crippen LogP contribution is -2.39. The molecule has 0 saturated heterocycles. The first-order chi connectivity index (χ1) is 13.7. The third kappa shape index (κ3) is 5.72. The quantitative estimate of drug-likeness (QED) is 0.604. The highest BCUT2D eigenvalue weighted by molar-refractivity contribution is 5.83. The molecule has 2 aromatic heterocycles. The van der Waals surface area contributed by atoms with Gasteiger partial charge in [-0.25, -0.2) is 0 Å². The average Bonchev–Trinajstić information content (AvgIpc) is 2.73.